The molecule has 0 radical (unpaired) electrons. The average molecular weight is 330 g/mol. The monoisotopic (exact) mass is 330 g/mol. The molecule has 0 aliphatic heterocycles. The van der Waals surface area contributed by atoms with E-state index in [4.69, 9.17) is 0 Å². The molecule has 22 heavy (non-hydrogen) atoms. The molecule has 0 saturated carbocycles. The second kappa shape index (κ2) is 9.49. The van der Waals surface area contributed by atoms with Crippen LogP contribution >= 0.6 is 23.5 Å². The molecule has 0 fully saturated rings. The summed E-state index contributed by atoms with van der Waals surface area (Å²) in [5.74, 6) is 1.60. The van der Waals surface area contributed by atoms with Gasteiger partial charge in [0.25, 0.3) is 0 Å². The molecule has 0 unspecified atom stereocenters. The molecule has 2 nitrogen and oxygen atoms in total. The van der Waals surface area contributed by atoms with Crippen LogP contribution in [0.15, 0.2) is 60.7 Å². The van der Waals surface area contributed by atoms with Gasteiger partial charge in [-0.25, -0.2) is 0 Å². The van der Waals surface area contributed by atoms with Crippen LogP contribution in [0.5, 0.6) is 0 Å². The van der Waals surface area contributed by atoms with Crippen molar-refractivity contribution in [2.75, 3.05) is 11.5 Å². The molecule has 0 heterocycles. The zero-order chi connectivity index (χ0) is 15.6. The molecule has 2 aromatic carbocycles. The van der Waals surface area contributed by atoms with Crippen molar-refractivity contribution in [1.29, 1.82) is 0 Å². The van der Waals surface area contributed by atoms with Gasteiger partial charge in [-0.15, -0.1) is 0 Å². The Hall–Kier alpha value is -1.52. The minimum absolute atomic E-state index is 0.119. The molecule has 0 aromatic heterocycles. The topological polar surface area (TPSA) is 34.1 Å². The summed E-state index contributed by atoms with van der Waals surface area (Å²) in [6.45, 7) is 0. The van der Waals surface area contributed by atoms with E-state index in [1.807, 2.05) is 60.7 Å². The number of hydrogen-bond acceptors (Lipinski definition) is 4. The van der Waals surface area contributed by atoms with Crippen LogP contribution in [0.3, 0.4) is 0 Å². The van der Waals surface area contributed by atoms with Crippen molar-refractivity contribution < 1.29 is 9.59 Å². The van der Waals surface area contributed by atoms with Crippen LogP contribution in [-0.4, -0.2) is 21.7 Å². The van der Waals surface area contributed by atoms with Crippen molar-refractivity contribution in [3.05, 3.63) is 71.8 Å². The number of rotatable bonds is 7. The first-order chi connectivity index (χ1) is 10.8. The summed E-state index contributed by atoms with van der Waals surface area (Å²) < 4.78 is 0. The van der Waals surface area contributed by atoms with Gasteiger partial charge < -0.3 is 0 Å². The van der Waals surface area contributed by atoms with E-state index in [0.29, 0.717) is 0 Å². The molecule has 0 aliphatic carbocycles. The molecule has 2 aromatic rings. The van der Waals surface area contributed by atoms with E-state index in [2.05, 4.69) is 0 Å². The van der Waals surface area contributed by atoms with Gasteiger partial charge in [0, 0.05) is 22.6 Å². The van der Waals surface area contributed by atoms with Crippen LogP contribution in [0.25, 0.3) is 0 Å². The lowest BCUT2D eigenvalue weighted by atomic mass is 10.2. The molecule has 2 rings (SSSR count). The maximum atomic E-state index is 11.9. The Kier molecular flexibility index (Phi) is 7.26. The Morgan fingerprint density at radius 3 is 1.36 bits per heavy atom. The maximum Gasteiger partial charge on any atom is 0.219 e. The molecule has 0 saturated heterocycles. The molecular weight excluding hydrogens is 312 g/mol. The third-order valence-electron chi connectivity index (χ3n) is 3.02. The predicted molar refractivity (Wildman–Crippen MR) is 95.7 cm³/mol. The SMILES string of the molecule is O=C(SCCCCSC(=O)c1ccccc1)c1ccccc1. The number of benzene rings is 2. The second-order valence-electron chi connectivity index (χ2n) is 4.71. The van der Waals surface area contributed by atoms with Gasteiger partial charge in [-0.2, -0.15) is 0 Å². The molecule has 0 amide bonds. The first kappa shape index (κ1) is 16.8. The predicted octanol–water partition coefficient (Wildman–Crippen LogP) is 4.91. The Morgan fingerprint density at radius 1 is 0.636 bits per heavy atom. The number of unbranched alkanes of at least 4 members (excludes halogenated alkanes) is 1. The van der Waals surface area contributed by atoms with E-state index < -0.39 is 0 Å². The van der Waals surface area contributed by atoms with Gasteiger partial charge in [-0.3, -0.25) is 9.59 Å². The first-order valence-corrected chi connectivity index (χ1v) is 9.19. The molecule has 0 N–H and O–H groups in total. The fourth-order valence-electron chi connectivity index (χ4n) is 1.85. The first-order valence-electron chi connectivity index (χ1n) is 7.22. The van der Waals surface area contributed by atoms with Gasteiger partial charge in [0.2, 0.25) is 10.2 Å². The minimum Gasteiger partial charge on any atom is -0.282 e. The zero-order valence-corrected chi connectivity index (χ0v) is 13.9. The minimum atomic E-state index is 0.119. The summed E-state index contributed by atoms with van der Waals surface area (Å²) in [7, 11) is 0. The zero-order valence-electron chi connectivity index (χ0n) is 12.2. The maximum absolute atomic E-state index is 11.9. The lowest BCUT2D eigenvalue weighted by Crippen LogP contribution is -1.97. The van der Waals surface area contributed by atoms with Gasteiger partial charge in [0.1, 0.15) is 0 Å². The Morgan fingerprint density at radius 2 is 1.00 bits per heavy atom. The van der Waals surface area contributed by atoms with Crippen LogP contribution in [0, 0.1) is 0 Å². The number of thioether (sulfide) groups is 2. The number of hydrogen-bond donors (Lipinski definition) is 0. The molecule has 4 heteroatoms. The highest BCUT2D eigenvalue weighted by molar-refractivity contribution is 8.14. The standard InChI is InChI=1S/C18H18O2S2/c19-17(15-9-3-1-4-10-15)21-13-7-8-14-22-18(20)16-11-5-2-6-12-16/h1-6,9-12H,7-8,13-14H2. The van der Waals surface area contributed by atoms with Gasteiger partial charge >= 0.3 is 0 Å². The van der Waals surface area contributed by atoms with Crippen molar-refractivity contribution in [2.24, 2.45) is 0 Å². The summed E-state index contributed by atoms with van der Waals surface area (Å²) in [5.41, 5.74) is 1.50. The number of carbonyl (C=O) groups is 2. The summed E-state index contributed by atoms with van der Waals surface area (Å²) in [6.07, 6.45) is 1.89. The normalized spacial score (nSPS) is 10.4. The third-order valence-corrected chi connectivity index (χ3v) is 5.01. The van der Waals surface area contributed by atoms with Crippen molar-refractivity contribution >= 4 is 33.8 Å². The van der Waals surface area contributed by atoms with Crippen molar-refractivity contribution in [2.45, 2.75) is 12.8 Å². The van der Waals surface area contributed by atoms with E-state index >= 15 is 0 Å². The van der Waals surface area contributed by atoms with Gasteiger partial charge in [0.15, 0.2) is 0 Å². The molecule has 0 spiro atoms. The Labute approximate surface area is 139 Å². The third kappa shape index (κ3) is 5.70. The van der Waals surface area contributed by atoms with Crippen LogP contribution in [-0.2, 0) is 0 Å². The highest BCUT2D eigenvalue weighted by Crippen LogP contribution is 2.17. The summed E-state index contributed by atoms with van der Waals surface area (Å²) in [6, 6.07) is 18.7. The van der Waals surface area contributed by atoms with Crippen molar-refractivity contribution in [1.82, 2.24) is 0 Å². The molecule has 0 bridgehead atoms. The fraction of sp³-hybridized carbons (Fsp3) is 0.222. The van der Waals surface area contributed by atoms with E-state index in [-0.39, 0.29) is 10.2 Å². The van der Waals surface area contributed by atoms with Crippen LogP contribution in [0.4, 0.5) is 0 Å². The molecule has 0 aliphatic rings. The van der Waals surface area contributed by atoms with Crippen LogP contribution < -0.4 is 0 Å². The van der Waals surface area contributed by atoms with Gasteiger partial charge in [0.05, 0.1) is 0 Å². The van der Waals surface area contributed by atoms with E-state index in [1.54, 1.807) is 0 Å². The molecule has 114 valence electrons. The lowest BCUT2D eigenvalue weighted by molar-refractivity contribution is 0.108. The second-order valence-corrected chi connectivity index (χ2v) is 6.85. The van der Waals surface area contributed by atoms with E-state index in [1.165, 1.54) is 23.5 Å². The van der Waals surface area contributed by atoms with Crippen LogP contribution in [0.2, 0.25) is 0 Å². The fourth-order valence-corrected chi connectivity index (χ4v) is 3.52. The Balaban J connectivity index is 1.58. The summed E-state index contributed by atoms with van der Waals surface area (Å²) in [4.78, 5) is 23.7. The van der Waals surface area contributed by atoms with Crippen LogP contribution in [0.1, 0.15) is 33.6 Å². The smallest absolute Gasteiger partial charge is 0.219 e. The largest absolute Gasteiger partial charge is 0.282 e. The summed E-state index contributed by atoms with van der Waals surface area (Å²) in [5, 5.41) is 0.238. The quantitative estimate of drug-likeness (QED) is 0.675. The van der Waals surface area contributed by atoms with E-state index in [0.717, 1.165) is 35.5 Å². The van der Waals surface area contributed by atoms with Crippen molar-refractivity contribution in [3.8, 4) is 0 Å². The average Bonchev–Trinajstić information content (AvgIpc) is 2.59. The summed E-state index contributed by atoms with van der Waals surface area (Å²) >= 11 is 2.70. The lowest BCUT2D eigenvalue weighted by Gasteiger charge is -2.02. The van der Waals surface area contributed by atoms with Gasteiger partial charge in [-0.05, 0) is 12.8 Å². The highest BCUT2D eigenvalue weighted by Gasteiger charge is 2.07. The highest BCUT2D eigenvalue weighted by atomic mass is 32.2. The van der Waals surface area contributed by atoms with E-state index in [9.17, 15) is 9.59 Å². The Bertz CT molecular complexity index is 541. The van der Waals surface area contributed by atoms with Gasteiger partial charge in [-0.1, -0.05) is 84.2 Å². The molecule has 0 atom stereocenters. The number of carbonyl (C=O) groups excluding carboxylic acids is 2. The van der Waals surface area contributed by atoms with Crippen molar-refractivity contribution in [3.63, 3.8) is 0 Å². The molecular formula is C18H18O2S2.